The van der Waals surface area contributed by atoms with Crippen LogP contribution in [0.1, 0.15) is 21.5 Å². The highest BCUT2D eigenvalue weighted by molar-refractivity contribution is 7.89. The van der Waals surface area contributed by atoms with Crippen molar-refractivity contribution in [3.05, 3.63) is 65.0 Å². The second kappa shape index (κ2) is 9.15. The highest BCUT2D eigenvalue weighted by atomic mass is 32.2. The van der Waals surface area contributed by atoms with Crippen LogP contribution in [-0.4, -0.2) is 57.2 Å². The Kier molecular flexibility index (Phi) is 7.10. The van der Waals surface area contributed by atoms with E-state index >= 15 is 0 Å². The van der Waals surface area contributed by atoms with Gasteiger partial charge in [-0.2, -0.15) is 0 Å². The third kappa shape index (κ3) is 5.61. The first-order chi connectivity index (χ1) is 13.5. The normalized spacial score (nSPS) is 11.4. The zero-order valence-electron chi connectivity index (χ0n) is 16.7. The van der Waals surface area contributed by atoms with Crippen molar-refractivity contribution in [3.63, 3.8) is 0 Å². The molecule has 156 valence electrons. The minimum absolute atomic E-state index is 0.251. The molecule has 0 aliphatic rings. The summed E-state index contributed by atoms with van der Waals surface area (Å²) in [6.45, 7) is 1.68. The van der Waals surface area contributed by atoms with E-state index in [0.29, 0.717) is 6.54 Å². The van der Waals surface area contributed by atoms with Gasteiger partial charge in [0.25, 0.3) is 5.91 Å². The summed E-state index contributed by atoms with van der Waals surface area (Å²) in [5.41, 5.74) is 1.45. The molecule has 9 heteroatoms. The average Bonchev–Trinajstić information content (AvgIpc) is 2.67. The largest absolute Gasteiger partial charge is 0.452 e. The van der Waals surface area contributed by atoms with Crippen LogP contribution in [0.4, 0.5) is 4.39 Å². The summed E-state index contributed by atoms with van der Waals surface area (Å²) in [7, 11) is 0.345. The Morgan fingerprint density at radius 2 is 1.66 bits per heavy atom. The van der Waals surface area contributed by atoms with E-state index in [2.05, 4.69) is 0 Å². The van der Waals surface area contributed by atoms with E-state index in [0.717, 1.165) is 33.6 Å². The molecule has 0 aliphatic heterocycles. The van der Waals surface area contributed by atoms with Crippen LogP contribution in [0.3, 0.4) is 0 Å². The number of carbonyl (C=O) groups is 2. The van der Waals surface area contributed by atoms with Gasteiger partial charge in [0, 0.05) is 27.7 Å². The molecular formula is C20H23FN2O5S. The zero-order chi connectivity index (χ0) is 21.8. The lowest BCUT2D eigenvalue weighted by molar-refractivity contribution is -0.133. The summed E-state index contributed by atoms with van der Waals surface area (Å²) in [6.07, 6.45) is 0. The minimum Gasteiger partial charge on any atom is -0.452 e. The SMILES string of the molecule is Cc1ccc(CN(C)C(=O)COC(=O)c2cc(S(=O)(=O)N(C)C)ccc2F)cc1. The second-order valence-electron chi connectivity index (χ2n) is 6.74. The van der Waals surface area contributed by atoms with Gasteiger partial charge in [0.05, 0.1) is 10.5 Å². The number of carbonyl (C=O) groups excluding carboxylic acids is 2. The summed E-state index contributed by atoms with van der Waals surface area (Å²) in [6, 6.07) is 10.4. The number of hydrogen-bond donors (Lipinski definition) is 0. The average molecular weight is 422 g/mol. The molecule has 7 nitrogen and oxygen atoms in total. The lowest BCUT2D eigenvalue weighted by Crippen LogP contribution is -2.31. The fraction of sp³-hybridized carbons (Fsp3) is 0.300. The van der Waals surface area contributed by atoms with Gasteiger partial charge in [-0.3, -0.25) is 4.79 Å². The van der Waals surface area contributed by atoms with E-state index < -0.39 is 39.9 Å². The van der Waals surface area contributed by atoms with Crippen molar-refractivity contribution in [1.82, 2.24) is 9.21 Å². The van der Waals surface area contributed by atoms with Gasteiger partial charge < -0.3 is 9.64 Å². The van der Waals surface area contributed by atoms with Gasteiger partial charge >= 0.3 is 5.97 Å². The van der Waals surface area contributed by atoms with E-state index in [1.807, 2.05) is 31.2 Å². The maximum atomic E-state index is 14.0. The molecule has 0 atom stereocenters. The predicted molar refractivity (Wildman–Crippen MR) is 105 cm³/mol. The van der Waals surface area contributed by atoms with E-state index in [1.54, 1.807) is 7.05 Å². The number of amides is 1. The van der Waals surface area contributed by atoms with Crippen LogP contribution in [0.15, 0.2) is 47.4 Å². The van der Waals surface area contributed by atoms with Gasteiger partial charge in [-0.05, 0) is 30.7 Å². The summed E-state index contributed by atoms with van der Waals surface area (Å²) >= 11 is 0. The highest BCUT2D eigenvalue weighted by Gasteiger charge is 2.23. The lowest BCUT2D eigenvalue weighted by atomic mass is 10.1. The summed E-state index contributed by atoms with van der Waals surface area (Å²) in [5, 5.41) is 0. The molecule has 29 heavy (non-hydrogen) atoms. The fourth-order valence-electron chi connectivity index (χ4n) is 2.40. The molecule has 0 radical (unpaired) electrons. The quantitative estimate of drug-likeness (QED) is 0.639. The number of likely N-dealkylation sites (N-methyl/N-ethyl adjacent to an activating group) is 1. The van der Waals surface area contributed by atoms with Gasteiger partial charge in [-0.15, -0.1) is 0 Å². The number of esters is 1. The molecule has 2 rings (SSSR count). The number of nitrogens with zero attached hydrogens (tertiary/aromatic N) is 2. The molecule has 1 amide bonds. The van der Waals surface area contributed by atoms with Gasteiger partial charge in [0.15, 0.2) is 6.61 Å². The highest BCUT2D eigenvalue weighted by Crippen LogP contribution is 2.18. The number of ether oxygens (including phenoxy) is 1. The van der Waals surface area contributed by atoms with Crippen molar-refractivity contribution in [2.45, 2.75) is 18.4 Å². The van der Waals surface area contributed by atoms with Crippen molar-refractivity contribution in [2.75, 3.05) is 27.7 Å². The van der Waals surface area contributed by atoms with Crippen LogP contribution in [0.25, 0.3) is 0 Å². The number of sulfonamides is 1. The van der Waals surface area contributed by atoms with Crippen LogP contribution in [-0.2, 0) is 26.1 Å². The van der Waals surface area contributed by atoms with Crippen LogP contribution >= 0.6 is 0 Å². The molecule has 0 unspecified atom stereocenters. The lowest BCUT2D eigenvalue weighted by Gasteiger charge is -2.17. The van der Waals surface area contributed by atoms with E-state index in [4.69, 9.17) is 4.74 Å². The molecule has 2 aromatic carbocycles. The Bertz CT molecular complexity index is 1000. The number of aryl methyl sites for hydroxylation is 1. The predicted octanol–water partition coefficient (Wildman–Crippen LogP) is 2.20. The molecule has 0 saturated heterocycles. The third-order valence-corrected chi connectivity index (χ3v) is 6.04. The molecule has 0 heterocycles. The van der Waals surface area contributed by atoms with Crippen LogP contribution in [0.2, 0.25) is 0 Å². The Morgan fingerprint density at radius 3 is 2.24 bits per heavy atom. The Hall–Kier alpha value is -2.78. The van der Waals surface area contributed by atoms with Gasteiger partial charge in [0.2, 0.25) is 10.0 Å². The van der Waals surface area contributed by atoms with Crippen LogP contribution in [0.5, 0.6) is 0 Å². The van der Waals surface area contributed by atoms with Gasteiger partial charge in [-0.25, -0.2) is 21.9 Å². The second-order valence-corrected chi connectivity index (χ2v) is 8.89. The van der Waals surface area contributed by atoms with Gasteiger partial charge in [-0.1, -0.05) is 29.8 Å². The summed E-state index contributed by atoms with van der Waals surface area (Å²) in [4.78, 5) is 25.5. The monoisotopic (exact) mass is 422 g/mol. The first-order valence-corrected chi connectivity index (χ1v) is 10.1. The molecule has 0 fully saturated rings. The van der Waals surface area contributed by atoms with Crippen LogP contribution < -0.4 is 0 Å². The molecule has 0 N–H and O–H groups in total. The minimum atomic E-state index is -3.85. The van der Waals surface area contributed by atoms with Crippen molar-refractivity contribution in [2.24, 2.45) is 0 Å². The zero-order valence-corrected chi connectivity index (χ0v) is 17.5. The maximum absolute atomic E-state index is 14.0. The van der Waals surface area contributed by atoms with Crippen LogP contribution in [0, 0.1) is 12.7 Å². The van der Waals surface area contributed by atoms with Gasteiger partial charge in [0.1, 0.15) is 5.82 Å². The van der Waals surface area contributed by atoms with Crippen molar-refractivity contribution in [3.8, 4) is 0 Å². The Balaban J connectivity index is 2.04. The molecular weight excluding hydrogens is 399 g/mol. The number of rotatable bonds is 7. The van der Waals surface area contributed by atoms with Crippen molar-refractivity contribution < 1.29 is 27.1 Å². The smallest absolute Gasteiger partial charge is 0.341 e. The first-order valence-electron chi connectivity index (χ1n) is 8.71. The Morgan fingerprint density at radius 1 is 1.03 bits per heavy atom. The standard InChI is InChI=1S/C20H23FN2O5S/c1-14-5-7-15(8-6-14)12-23(4)19(24)13-28-20(25)17-11-16(9-10-18(17)21)29(26,27)22(2)3/h5-11H,12-13H2,1-4H3. The molecule has 2 aromatic rings. The van der Waals surface area contributed by atoms with E-state index in [-0.39, 0.29) is 4.90 Å². The number of hydrogen-bond acceptors (Lipinski definition) is 5. The third-order valence-electron chi connectivity index (χ3n) is 4.23. The Labute approximate surface area is 169 Å². The van der Waals surface area contributed by atoms with E-state index in [9.17, 15) is 22.4 Å². The van der Waals surface area contributed by atoms with Crippen molar-refractivity contribution >= 4 is 21.9 Å². The molecule has 0 bridgehead atoms. The maximum Gasteiger partial charge on any atom is 0.341 e. The van der Waals surface area contributed by atoms with Crippen molar-refractivity contribution in [1.29, 1.82) is 0 Å². The molecule has 0 saturated carbocycles. The molecule has 0 spiro atoms. The molecule has 0 aromatic heterocycles. The summed E-state index contributed by atoms with van der Waals surface area (Å²) in [5.74, 6) is -2.53. The molecule has 0 aliphatic carbocycles. The topological polar surface area (TPSA) is 84.0 Å². The summed E-state index contributed by atoms with van der Waals surface area (Å²) < 4.78 is 44.2. The fourth-order valence-corrected chi connectivity index (χ4v) is 3.33. The number of halogens is 1. The first kappa shape index (κ1) is 22.5. The van der Waals surface area contributed by atoms with E-state index in [1.165, 1.54) is 19.0 Å². The number of benzene rings is 2.